The number of carboxylic acid groups (broad SMARTS) is 1. The van der Waals surface area contributed by atoms with Crippen molar-refractivity contribution >= 4 is 6.09 Å². The number of carbonyl (C=O) groups is 1. The van der Waals surface area contributed by atoms with Gasteiger partial charge in [0.2, 0.25) is 0 Å². The van der Waals surface area contributed by atoms with Crippen molar-refractivity contribution in [2.24, 2.45) is 5.92 Å². The van der Waals surface area contributed by atoms with E-state index >= 15 is 0 Å². The van der Waals surface area contributed by atoms with E-state index < -0.39 is 6.09 Å². The maximum atomic E-state index is 10.8. The van der Waals surface area contributed by atoms with E-state index in [0.29, 0.717) is 12.0 Å². The van der Waals surface area contributed by atoms with Gasteiger partial charge in [-0.05, 0) is 31.6 Å². The second-order valence-electron chi connectivity index (χ2n) is 3.88. The highest BCUT2D eigenvalue weighted by molar-refractivity contribution is 5.65. The predicted molar refractivity (Wildman–Crippen MR) is 45.1 cm³/mol. The minimum atomic E-state index is -0.716. The Morgan fingerprint density at radius 3 is 2.75 bits per heavy atom. The Hall–Kier alpha value is -0.730. The molecule has 2 atom stereocenters. The monoisotopic (exact) mass is 169 g/mol. The van der Waals surface area contributed by atoms with E-state index in [1.165, 1.54) is 19.3 Å². The third kappa shape index (κ3) is 1.17. The minimum Gasteiger partial charge on any atom is -0.465 e. The van der Waals surface area contributed by atoms with E-state index in [2.05, 4.69) is 0 Å². The highest BCUT2D eigenvalue weighted by atomic mass is 16.4. The number of fused-ring (bicyclic) bond motifs is 1. The van der Waals surface area contributed by atoms with Crippen molar-refractivity contribution in [3.8, 4) is 0 Å². The molecule has 1 aliphatic carbocycles. The largest absolute Gasteiger partial charge is 0.465 e. The van der Waals surface area contributed by atoms with Gasteiger partial charge in [-0.15, -0.1) is 0 Å². The maximum Gasteiger partial charge on any atom is 0.407 e. The molecule has 2 aliphatic rings. The fourth-order valence-electron chi connectivity index (χ4n) is 2.69. The summed E-state index contributed by atoms with van der Waals surface area (Å²) in [5.41, 5.74) is 0. The van der Waals surface area contributed by atoms with E-state index in [1.54, 1.807) is 4.90 Å². The summed E-state index contributed by atoms with van der Waals surface area (Å²) in [6, 6.07) is 0.358. The highest BCUT2D eigenvalue weighted by Crippen LogP contribution is 2.36. The zero-order chi connectivity index (χ0) is 8.55. The number of amides is 1. The summed E-state index contributed by atoms with van der Waals surface area (Å²) >= 11 is 0. The molecule has 12 heavy (non-hydrogen) atoms. The molecule has 1 heterocycles. The highest BCUT2D eigenvalue weighted by Gasteiger charge is 2.37. The van der Waals surface area contributed by atoms with Crippen molar-refractivity contribution in [1.82, 2.24) is 4.90 Å². The first kappa shape index (κ1) is 7.90. The van der Waals surface area contributed by atoms with Gasteiger partial charge in [0.05, 0.1) is 0 Å². The molecule has 1 aliphatic heterocycles. The van der Waals surface area contributed by atoms with Crippen LogP contribution in [0.3, 0.4) is 0 Å². The predicted octanol–water partition coefficient (Wildman–Crippen LogP) is 1.93. The second kappa shape index (κ2) is 2.96. The van der Waals surface area contributed by atoms with Gasteiger partial charge in [-0.3, -0.25) is 0 Å². The Kier molecular flexibility index (Phi) is 1.95. The summed E-state index contributed by atoms with van der Waals surface area (Å²) in [5, 5.41) is 8.91. The van der Waals surface area contributed by atoms with Crippen LogP contribution in [0.5, 0.6) is 0 Å². The molecule has 0 aromatic carbocycles. The third-order valence-electron chi connectivity index (χ3n) is 3.24. The van der Waals surface area contributed by atoms with Crippen LogP contribution in [0.15, 0.2) is 0 Å². The van der Waals surface area contributed by atoms with Gasteiger partial charge in [0, 0.05) is 12.6 Å². The molecule has 0 aromatic rings. The van der Waals surface area contributed by atoms with Crippen molar-refractivity contribution < 1.29 is 9.90 Å². The molecule has 3 nitrogen and oxygen atoms in total. The van der Waals surface area contributed by atoms with Gasteiger partial charge in [0.1, 0.15) is 0 Å². The van der Waals surface area contributed by atoms with Crippen LogP contribution in [0, 0.1) is 5.92 Å². The molecular formula is C9H15NO2. The Bertz CT molecular complexity index is 193. The SMILES string of the molecule is O=C(O)N1CCCC2CCCC21. The minimum absolute atomic E-state index is 0.358. The van der Waals surface area contributed by atoms with Gasteiger partial charge in [-0.1, -0.05) is 6.42 Å². The third-order valence-corrected chi connectivity index (χ3v) is 3.24. The molecule has 1 saturated heterocycles. The van der Waals surface area contributed by atoms with Crippen LogP contribution in [-0.4, -0.2) is 28.7 Å². The topological polar surface area (TPSA) is 40.5 Å². The summed E-state index contributed by atoms with van der Waals surface area (Å²) < 4.78 is 0. The molecule has 2 fully saturated rings. The van der Waals surface area contributed by atoms with Gasteiger partial charge in [0.25, 0.3) is 0 Å². The van der Waals surface area contributed by atoms with Crippen LogP contribution in [0.1, 0.15) is 32.1 Å². The first-order chi connectivity index (χ1) is 5.79. The van der Waals surface area contributed by atoms with Gasteiger partial charge in [0.15, 0.2) is 0 Å². The molecule has 68 valence electrons. The number of piperidine rings is 1. The fraction of sp³-hybridized carbons (Fsp3) is 0.889. The van der Waals surface area contributed by atoms with Crippen LogP contribution in [0.2, 0.25) is 0 Å². The average molecular weight is 169 g/mol. The quantitative estimate of drug-likeness (QED) is 0.602. The lowest BCUT2D eigenvalue weighted by Gasteiger charge is -2.35. The maximum absolute atomic E-state index is 10.8. The van der Waals surface area contributed by atoms with Crippen LogP contribution in [-0.2, 0) is 0 Å². The fourth-order valence-corrected chi connectivity index (χ4v) is 2.69. The molecule has 0 aromatic heterocycles. The lowest BCUT2D eigenvalue weighted by atomic mass is 9.92. The molecule has 2 rings (SSSR count). The first-order valence-electron chi connectivity index (χ1n) is 4.78. The summed E-state index contributed by atoms with van der Waals surface area (Å²) in [6.45, 7) is 0.760. The van der Waals surface area contributed by atoms with E-state index in [4.69, 9.17) is 5.11 Å². The Balaban J connectivity index is 2.08. The zero-order valence-corrected chi connectivity index (χ0v) is 7.20. The molecule has 2 unspecified atom stereocenters. The van der Waals surface area contributed by atoms with E-state index in [9.17, 15) is 4.79 Å². The summed E-state index contributed by atoms with van der Waals surface area (Å²) in [4.78, 5) is 12.5. The van der Waals surface area contributed by atoms with E-state index in [1.807, 2.05) is 0 Å². The molecule has 3 heteroatoms. The first-order valence-corrected chi connectivity index (χ1v) is 4.78. The number of hydrogen-bond acceptors (Lipinski definition) is 1. The van der Waals surface area contributed by atoms with Crippen molar-refractivity contribution in [2.75, 3.05) is 6.54 Å². The molecule has 0 bridgehead atoms. The Morgan fingerprint density at radius 1 is 1.25 bits per heavy atom. The molecule has 1 amide bonds. The van der Waals surface area contributed by atoms with Crippen molar-refractivity contribution in [3.63, 3.8) is 0 Å². The number of nitrogens with zero attached hydrogens (tertiary/aromatic N) is 1. The second-order valence-corrected chi connectivity index (χ2v) is 3.88. The van der Waals surface area contributed by atoms with Gasteiger partial charge in [-0.2, -0.15) is 0 Å². The van der Waals surface area contributed by atoms with Crippen molar-refractivity contribution in [3.05, 3.63) is 0 Å². The normalized spacial score (nSPS) is 34.8. The Morgan fingerprint density at radius 2 is 2.00 bits per heavy atom. The molecule has 0 spiro atoms. The van der Waals surface area contributed by atoms with Crippen LogP contribution < -0.4 is 0 Å². The summed E-state index contributed by atoms with van der Waals surface area (Å²) in [6.07, 6.45) is 5.15. The van der Waals surface area contributed by atoms with Crippen LogP contribution >= 0.6 is 0 Å². The lowest BCUT2D eigenvalue weighted by molar-refractivity contribution is 0.0902. The van der Waals surface area contributed by atoms with E-state index in [0.717, 1.165) is 19.4 Å². The van der Waals surface area contributed by atoms with Crippen molar-refractivity contribution in [2.45, 2.75) is 38.1 Å². The molecule has 0 radical (unpaired) electrons. The molecule has 1 saturated carbocycles. The van der Waals surface area contributed by atoms with Gasteiger partial charge >= 0.3 is 6.09 Å². The standard InChI is InChI=1S/C9H15NO2/c11-9(12)10-6-2-4-7-3-1-5-8(7)10/h7-8H,1-6H2,(H,11,12). The van der Waals surface area contributed by atoms with Crippen molar-refractivity contribution in [1.29, 1.82) is 0 Å². The molecule has 1 N–H and O–H groups in total. The number of likely N-dealkylation sites (tertiary alicyclic amines) is 1. The Labute approximate surface area is 72.4 Å². The summed E-state index contributed by atoms with van der Waals surface area (Å²) in [5.74, 6) is 0.676. The van der Waals surface area contributed by atoms with Gasteiger partial charge < -0.3 is 10.0 Å². The number of rotatable bonds is 0. The van der Waals surface area contributed by atoms with Gasteiger partial charge in [-0.25, -0.2) is 4.79 Å². The zero-order valence-electron chi connectivity index (χ0n) is 7.20. The van der Waals surface area contributed by atoms with E-state index in [-0.39, 0.29) is 0 Å². The van der Waals surface area contributed by atoms with Crippen LogP contribution in [0.25, 0.3) is 0 Å². The number of hydrogen-bond donors (Lipinski definition) is 1. The summed E-state index contributed by atoms with van der Waals surface area (Å²) in [7, 11) is 0. The molecular weight excluding hydrogens is 154 g/mol. The lowest BCUT2D eigenvalue weighted by Crippen LogP contribution is -2.45. The average Bonchev–Trinajstić information content (AvgIpc) is 2.49. The smallest absolute Gasteiger partial charge is 0.407 e. The van der Waals surface area contributed by atoms with Crippen LogP contribution in [0.4, 0.5) is 4.79 Å².